The van der Waals surface area contributed by atoms with E-state index in [4.69, 9.17) is 4.74 Å². The summed E-state index contributed by atoms with van der Waals surface area (Å²) in [5, 5.41) is 2.84. The average molecular weight is 419 g/mol. The number of hydrogen-bond donors (Lipinski definition) is 1. The predicted octanol–water partition coefficient (Wildman–Crippen LogP) is 4.08. The van der Waals surface area contributed by atoms with Crippen molar-refractivity contribution in [2.45, 2.75) is 53.0 Å². The maximum Gasteiger partial charge on any atom is 0.278 e. The van der Waals surface area contributed by atoms with Crippen LogP contribution in [0.15, 0.2) is 30.6 Å². The standard InChI is InChI=1S/C22H27F2N3O3/c1-13(2)19(28)10-17-9-16(6-7-25-17)15(4)27-21(29)18-8-14(3)20(11-26-18)30-12-22(5,23)24/h6-9,11,13,15H,10,12H2,1-5H3,(H,27,29). The number of amides is 1. The van der Waals surface area contributed by atoms with Crippen LogP contribution in [-0.2, 0) is 11.2 Å². The first-order chi connectivity index (χ1) is 14.0. The van der Waals surface area contributed by atoms with E-state index in [2.05, 4.69) is 15.3 Å². The van der Waals surface area contributed by atoms with E-state index in [1.807, 2.05) is 20.8 Å². The molecule has 1 N–H and O–H groups in total. The fourth-order valence-electron chi connectivity index (χ4n) is 2.62. The molecule has 6 nitrogen and oxygen atoms in total. The van der Waals surface area contributed by atoms with Gasteiger partial charge in [0.05, 0.1) is 12.2 Å². The summed E-state index contributed by atoms with van der Waals surface area (Å²) in [6, 6.07) is 4.72. The summed E-state index contributed by atoms with van der Waals surface area (Å²) in [5.74, 6) is -3.14. The summed E-state index contributed by atoms with van der Waals surface area (Å²) >= 11 is 0. The second-order valence-electron chi connectivity index (χ2n) is 7.77. The van der Waals surface area contributed by atoms with Crippen molar-refractivity contribution in [3.8, 4) is 5.75 Å². The zero-order chi connectivity index (χ0) is 22.5. The molecule has 0 aliphatic rings. The monoisotopic (exact) mass is 419 g/mol. The van der Waals surface area contributed by atoms with Crippen LogP contribution in [0.3, 0.4) is 0 Å². The number of nitrogens with one attached hydrogen (secondary N) is 1. The molecule has 162 valence electrons. The Morgan fingerprint density at radius 2 is 1.90 bits per heavy atom. The van der Waals surface area contributed by atoms with Crippen LogP contribution < -0.4 is 10.1 Å². The molecule has 1 atom stereocenters. The smallest absolute Gasteiger partial charge is 0.278 e. The van der Waals surface area contributed by atoms with Gasteiger partial charge in [0.25, 0.3) is 11.8 Å². The van der Waals surface area contributed by atoms with Crippen molar-refractivity contribution in [1.29, 1.82) is 0 Å². The number of aromatic nitrogens is 2. The topological polar surface area (TPSA) is 81.2 Å². The molecule has 0 saturated heterocycles. The number of nitrogens with zero attached hydrogens (tertiary/aromatic N) is 2. The molecule has 2 rings (SSSR count). The van der Waals surface area contributed by atoms with Crippen LogP contribution in [0.2, 0.25) is 0 Å². The van der Waals surface area contributed by atoms with Crippen LogP contribution in [-0.4, -0.2) is 34.2 Å². The Hall–Kier alpha value is -2.90. The summed E-state index contributed by atoms with van der Waals surface area (Å²) in [7, 11) is 0. The van der Waals surface area contributed by atoms with Gasteiger partial charge in [0, 0.05) is 31.2 Å². The van der Waals surface area contributed by atoms with Crippen LogP contribution in [0.5, 0.6) is 5.75 Å². The molecule has 0 aliphatic carbocycles. The van der Waals surface area contributed by atoms with Gasteiger partial charge in [-0.2, -0.15) is 0 Å². The van der Waals surface area contributed by atoms with Crippen LogP contribution in [0.4, 0.5) is 8.78 Å². The lowest BCUT2D eigenvalue weighted by atomic mass is 10.0. The van der Waals surface area contributed by atoms with Gasteiger partial charge in [0.15, 0.2) is 6.61 Å². The summed E-state index contributed by atoms with van der Waals surface area (Å²) in [5.41, 5.74) is 2.15. The maximum absolute atomic E-state index is 13.0. The van der Waals surface area contributed by atoms with Gasteiger partial charge < -0.3 is 10.1 Å². The summed E-state index contributed by atoms with van der Waals surface area (Å²) < 4.78 is 31.0. The molecule has 2 heterocycles. The van der Waals surface area contributed by atoms with Crippen molar-refractivity contribution in [2.24, 2.45) is 5.92 Å². The fourth-order valence-corrected chi connectivity index (χ4v) is 2.62. The van der Waals surface area contributed by atoms with Crippen molar-refractivity contribution in [2.75, 3.05) is 6.61 Å². The number of hydrogen-bond acceptors (Lipinski definition) is 5. The third-order valence-corrected chi connectivity index (χ3v) is 4.46. The minimum atomic E-state index is -2.96. The van der Waals surface area contributed by atoms with Gasteiger partial charge in [0.1, 0.15) is 17.2 Å². The van der Waals surface area contributed by atoms with E-state index in [9.17, 15) is 18.4 Å². The number of ether oxygens (including phenoxy) is 1. The molecule has 0 aromatic carbocycles. The minimum absolute atomic E-state index is 0.0719. The van der Waals surface area contributed by atoms with E-state index in [1.165, 1.54) is 12.3 Å². The summed E-state index contributed by atoms with van der Waals surface area (Å²) in [4.78, 5) is 32.8. The third kappa shape index (κ3) is 6.86. The van der Waals surface area contributed by atoms with Gasteiger partial charge in [-0.15, -0.1) is 0 Å². The zero-order valence-electron chi connectivity index (χ0n) is 17.8. The minimum Gasteiger partial charge on any atom is -0.485 e. The summed E-state index contributed by atoms with van der Waals surface area (Å²) in [6.07, 6.45) is 3.12. The molecule has 0 aliphatic heterocycles. The number of ketones is 1. The second kappa shape index (κ2) is 9.73. The normalized spacial score (nSPS) is 12.5. The Labute approximate surface area is 175 Å². The van der Waals surface area contributed by atoms with Gasteiger partial charge in [-0.3, -0.25) is 14.6 Å². The van der Waals surface area contributed by atoms with Crippen LogP contribution >= 0.6 is 0 Å². The zero-order valence-corrected chi connectivity index (χ0v) is 17.8. The number of Topliss-reactive ketones (excluding diaryl/α,β-unsaturated/α-hetero) is 1. The largest absolute Gasteiger partial charge is 0.485 e. The highest BCUT2D eigenvalue weighted by molar-refractivity contribution is 5.92. The first kappa shape index (κ1) is 23.4. The second-order valence-corrected chi connectivity index (χ2v) is 7.77. The number of alkyl halides is 2. The Bertz CT molecular complexity index is 911. The highest BCUT2D eigenvalue weighted by Gasteiger charge is 2.23. The lowest BCUT2D eigenvalue weighted by molar-refractivity contribution is -0.121. The van der Waals surface area contributed by atoms with E-state index in [-0.39, 0.29) is 35.6 Å². The van der Waals surface area contributed by atoms with E-state index in [1.54, 1.807) is 25.3 Å². The first-order valence-corrected chi connectivity index (χ1v) is 9.72. The molecule has 2 aromatic rings. The average Bonchev–Trinajstić information content (AvgIpc) is 2.66. The lowest BCUT2D eigenvalue weighted by Gasteiger charge is -2.16. The van der Waals surface area contributed by atoms with E-state index in [0.717, 1.165) is 12.5 Å². The van der Waals surface area contributed by atoms with Crippen molar-refractivity contribution in [1.82, 2.24) is 15.3 Å². The number of carbonyl (C=O) groups excluding carboxylic acids is 2. The Balaban J connectivity index is 2.05. The number of halogens is 2. The van der Waals surface area contributed by atoms with Crippen molar-refractivity contribution >= 4 is 11.7 Å². The molecule has 0 spiro atoms. The lowest BCUT2D eigenvalue weighted by Crippen LogP contribution is -2.28. The molecule has 1 amide bonds. The first-order valence-electron chi connectivity index (χ1n) is 9.72. The molecule has 8 heteroatoms. The molecule has 0 fully saturated rings. The van der Waals surface area contributed by atoms with Gasteiger partial charge in [-0.25, -0.2) is 13.8 Å². The van der Waals surface area contributed by atoms with Gasteiger partial charge in [0.2, 0.25) is 0 Å². The quantitative estimate of drug-likeness (QED) is 0.662. The molecule has 2 aromatic heterocycles. The van der Waals surface area contributed by atoms with Crippen LogP contribution in [0, 0.1) is 12.8 Å². The molecular formula is C22H27F2N3O3. The number of pyridine rings is 2. The van der Waals surface area contributed by atoms with E-state index < -0.39 is 18.4 Å². The Morgan fingerprint density at radius 3 is 2.50 bits per heavy atom. The van der Waals surface area contributed by atoms with Gasteiger partial charge >= 0.3 is 0 Å². The van der Waals surface area contributed by atoms with Crippen molar-refractivity contribution in [3.05, 3.63) is 53.1 Å². The third-order valence-electron chi connectivity index (χ3n) is 4.46. The number of aryl methyl sites for hydroxylation is 1. The van der Waals surface area contributed by atoms with E-state index >= 15 is 0 Å². The Kier molecular flexibility index (Phi) is 7.59. The maximum atomic E-state index is 13.0. The summed E-state index contributed by atoms with van der Waals surface area (Å²) in [6.45, 7) is 7.16. The van der Waals surface area contributed by atoms with Gasteiger partial charge in [-0.05, 0) is 43.2 Å². The Morgan fingerprint density at radius 1 is 1.20 bits per heavy atom. The van der Waals surface area contributed by atoms with Crippen LogP contribution in [0.25, 0.3) is 0 Å². The number of rotatable bonds is 9. The molecule has 0 bridgehead atoms. The number of carbonyl (C=O) groups is 2. The highest BCUT2D eigenvalue weighted by atomic mass is 19.3. The predicted molar refractivity (Wildman–Crippen MR) is 109 cm³/mol. The SMILES string of the molecule is Cc1cc(C(=O)NC(C)c2ccnc(CC(=O)C(C)C)c2)ncc1OCC(C)(F)F. The molecular weight excluding hydrogens is 392 g/mol. The molecule has 0 radical (unpaired) electrons. The van der Waals surface area contributed by atoms with Crippen LogP contribution in [0.1, 0.15) is 61.0 Å². The molecule has 30 heavy (non-hydrogen) atoms. The van der Waals surface area contributed by atoms with Crippen molar-refractivity contribution < 1.29 is 23.1 Å². The van der Waals surface area contributed by atoms with Gasteiger partial charge in [-0.1, -0.05) is 13.8 Å². The molecule has 1 unspecified atom stereocenters. The van der Waals surface area contributed by atoms with E-state index in [0.29, 0.717) is 11.3 Å². The fraction of sp³-hybridized carbons (Fsp3) is 0.455. The highest BCUT2D eigenvalue weighted by Crippen LogP contribution is 2.21. The van der Waals surface area contributed by atoms with Crippen molar-refractivity contribution in [3.63, 3.8) is 0 Å². The molecule has 0 saturated carbocycles.